The molecule has 0 bridgehead atoms. The fraction of sp³-hybridized carbons (Fsp3) is 0.0833. The molecular weight excluding hydrogens is 220 g/mol. The highest BCUT2D eigenvalue weighted by molar-refractivity contribution is 7.20. The first-order valence-electron chi connectivity index (χ1n) is 4.71. The van der Waals surface area contributed by atoms with E-state index in [1.807, 2.05) is 24.3 Å². The lowest BCUT2D eigenvalue weighted by Gasteiger charge is -1.95. The van der Waals surface area contributed by atoms with E-state index in [-0.39, 0.29) is 12.5 Å². The first-order valence-corrected chi connectivity index (χ1v) is 5.53. The number of carbonyl (C=O) groups is 1. The molecule has 0 fully saturated rings. The molecule has 0 aliphatic heterocycles. The molecule has 0 saturated heterocycles. The summed E-state index contributed by atoms with van der Waals surface area (Å²) in [5.74, 6) is 2.22. The van der Waals surface area contributed by atoms with Crippen LogP contribution in [0.5, 0.6) is 0 Å². The number of nitrogen functional groups attached to an aromatic ring is 1. The summed E-state index contributed by atoms with van der Waals surface area (Å²) in [6.45, 7) is 0.245. The van der Waals surface area contributed by atoms with Crippen LogP contribution in [0.25, 0.3) is 10.1 Å². The molecule has 16 heavy (non-hydrogen) atoms. The zero-order valence-electron chi connectivity index (χ0n) is 8.49. The number of hydrogen-bond donors (Lipinski definition) is 2. The standard InChI is InChI=1S/C12H10N2OS/c1-2-5-14-12(15)11-7-8-6-9(13)3-4-10(8)16-11/h1,3-4,6-7H,5,13H2,(H,14,15). The summed E-state index contributed by atoms with van der Waals surface area (Å²) in [5, 5.41) is 3.61. The SMILES string of the molecule is C#CCNC(=O)c1cc2cc(N)ccc2s1. The highest BCUT2D eigenvalue weighted by Gasteiger charge is 2.09. The maximum Gasteiger partial charge on any atom is 0.262 e. The third-order valence-corrected chi connectivity index (χ3v) is 3.23. The van der Waals surface area contributed by atoms with Crippen molar-refractivity contribution in [2.45, 2.75) is 0 Å². The Bertz CT molecular complexity index is 580. The fourth-order valence-corrected chi connectivity index (χ4v) is 2.35. The highest BCUT2D eigenvalue weighted by atomic mass is 32.1. The van der Waals surface area contributed by atoms with E-state index in [2.05, 4.69) is 11.2 Å². The lowest BCUT2D eigenvalue weighted by atomic mass is 10.2. The summed E-state index contributed by atoms with van der Waals surface area (Å²) in [6.07, 6.45) is 5.07. The predicted molar refractivity (Wildman–Crippen MR) is 67.4 cm³/mol. The van der Waals surface area contributed by atoms with Crippen LogP contribution >= 0.6 is 11.3 Å². The summed E-state index contributed by atoms with van der Waals surface area (Å²) in [7, 11) is 0. The van der Waals surface area contributed by atoms with Crippen LogP contribution in [0.1, 0.15) is 9.67 Å². The lowest BCUT2D eigenvalue weighted by molar-refractivity contribution is 0.0963. The summed E-state index contributed by atoms with van der Waals surface area (Å²) in [6, 6.07) is 7.40. The van der Waals surface area contributed by atoms with Gasteiger partial charge in [-0.3, -0.25) is 4.79 Å². The molecule has 0 saturated carbocycles. The number of amides is 1. The molecule has 2 aromatic rings. The van der Waals surface area contributed by atoms with Gasteiger partial charge in [0.1, 0.15) is 0 Å². The van der Waals surface area contributed by atoms with E-state index in [0.717, 1.165) is 10.1 Å². The Balaban J connectivity index is 2.33. The molecule has 1 aromatic heterocycles. The normalized spacial score (nSPS) is 9.94. The first kappa shape index (κ1) is 10.5. The van der Waals surface area contributed by atoms with Crippen LogP contribution < -0.4 is 11.1 Å². The molecule has 0 aliphatic carbocycles. The van der Waals surface area contributed by atoms with Crippen molar-refractivity contribution in [3.8, 4) is 12.3 Å². The largest absolute Gasteiger partial charge is 0.399 e. The Labute approximate surface area is 97.3 Å². The Kier molecular flexibility index (Phi) is 2.80. The Morgan fingerprint density at radius 1 is 1.50 bits per heavy atom. The number of nitrogens with two attached hydrogens (primary N) is 1. The minimum Gasteiger partial charge on any atom is -0.399 e. The molecule has 3 nitrogen and oxygen atoms in total. The fourth-order valence-electron chi connectivity index (χ4n) is 1.39. The minimum atomic E-state index is -0.141. The number of rotatable bonds is 2. The van der Waals surface area contributed by atoms with Crippen molar-refractivity contribution >= 4 is 33.0 Å². The molecule has 3 N–H and O–H groups in total. The van der Waals surface area contributed by atoms with Crippen molar-refractivity contribution in [3.05, 3.63) is 29.1 Å². The van der Waals surface area contributed by atoms with Crippen molar-refractivity contribution in [2.24, 2.45) is 0 Å². The Morgan fingerprint density at radius 2 is 2.31 bits per heavy atom. The average Bonchev–Trinajstić information content (AvgIpc) is 2.68. The predicted octanol–water partition coefficient (Wildman–Crippen LogP) is 1.85. The minimum absolute atomic E-state index is 0.141. The number of anilines is 1. The van der Waals surface area contributed by atoms with Gasteiger partial charge in [0.15, 0.2) is 0 Å². The van der Waals surface area contributed by atoms with E-state index in [1.165, 1.54) is 11.3 Å². The lowest BCUT2D eigenvalue weighted by Crippen LogP contribution is -2.22. The van der Waals surface area contributed by atoms with Crippen molar-refractivity contribution in [1.82, 2.24) is 5.32 Å². The van der Waals surface area contributed by atoms with E-state index < -0.39 is 0 Å². The van der Waals surface area contributed by atoms with Crippen LogP contribution in [0, 0.1) is 12.3 Å². The Morgan fingerprint density at radius 3 is 3.06 bits per heavy atom. The summed E-state index contributed by atoms with van der Waals surface area (Å²) >= 11 is 1.43. The molecule has 1 amide bonds. The number of benzene rings is 1. The topological polar surface area (TPSA) is 55.1 Å². The number of fused-ring (bicyclic) bond motifs is 1. The van der Waals surface area contributed by atoms with Crippen molar-refractivity contribution < 1.29 is 4.79 Å². The van der Waals surface area contributed by atoms with Crippen molar-refractivity contribution in [2.75, 3.05) is 12.3 Å². The summed E-state index contributed by atoms with van der Waals surface area (Å²) in [4.78, 5) is 12.3. The Hall–Kier alpha value is -1.99. The molecule has 1 heterocycles. The van der Waals surface area contributed by atoms with E-state index in [9.17, 15) is 4.79 Å². The second-order valence-electron chi connectivity index (χ2n) is 3.29. The highest BCUT2D eigenvalue weighted by Crippen LogP contribution is 2.27. The smallest absolute Gasteiger partial charge is 0.262 e. The molecule has 1 aromatic carbocycles. The van der Waals surface area contributed by atoms with E-state index in [4.69, 9.17) is 12.2 Å². The van der Waals surface area contributed by atoms with Crippen LogP contribution in [0.3, 0.4) is 0 Å². The number of thiophene rings is 1. The molecule has 0 aliphatic rings. The monoisotopic (exact) mass is 230 g/mol. The van der Waals surface area contributed by atoms with Gasteiger partial charge in [0.25, 0.3) is 5.91 Å². The maximum absolute atomic E-state index is 11.6. The zero-order chi connectivity index (χ0) is 11.5. The van der Waals surface area contributed by atoms with E-state index >= 15 is 0 Å². The van der Waals surface area contributed by atoms with Crippen LogP contribution in [-0.2, 0) is 0 Å². The average molecular weight is 230 g/mol. The summed E-state index contributed by atoms with van der Waals surface area (Å²) < 4.78 is 1.04. The van der Waals surface area contributed by atoms with Gasteiger partial charge in [-0.25, -0.2) is 0 Å². The summed E-state index contributed by atoms with van der Waals surface area (Å²) in [5.41, 5.74) is 6.36. The van der Waals surface area contributed by atoms with Gasteiger partial charge in [0.2, 0.25) is 0 Å². The van der Waals surface area contributed by atoms with Gasteiger partial charge in [-0.15, -0.1) is 17.8 Å². The molecular formula is C12H10N2OS. The van der Waals surface area contributed by atoms with Gasteiger partial charge in [0.05, 0.1) is 11.4 Å². The van der Waals surface area contributed by atoms with Crippen LogP contribution in [0.4, 0.5) is 5.69 Å². The molecule has 0 radical (unpaired) electrons. The van der Waals surface area contributed by atoms with Gasteiger partial charge in [-0.2, -0.15) is 0 Å². The third-order valence-electron chi connectivity index (χ3n) is 2.12. The molecule has 0 spiro atoms. The van der Waals surface area contributed by atoms with Gasteiger partial charge in [-0.05, 0) is 29.7 Å². The van der Waals surface area contributed by atoms with Gasteiger partial charge in [-0.1, -0.05) is 5.92 Å². The van der Waals surface area contributed by atoms with Crippen LogP contribution in [0.2, 0.25) is 0 Å². The molecule has 2 rings (SSSR count). The third kappa shape index (κ3) is 2.00. The van der Waals surface area contributed by atoms with Crippen LogP contribution in [0.15, 0.2) is 24.3 Å². The number of terminal acetylenes is 1. The maximum atomic E-state index is 11.6. The molecule has 80 valence electrons. The van der Waals surface area contributed by atoms with E-state index in [1.54, 1.807) is 0 Å². The first-order chi connectivity index (χ1) is 7.70. The number of carbonyl (C=O) groups excluding carboxylic acids is 1. The second-order valence-corrected chi connectivity index (χ2v) is 4.38. The second kappa shape index (κ2) is 4.25. The molecule has 0 unspecified atom stereocenters. The molecule has 4 heteroatoms. The van der Waals surface area contributed by atoms with Gasteiger partial charge in [0, 0.05) is 10.4 Å². The van der Waals surface area contributed by atoms with Crippen LogP contribution in [-0.4, -0.2) is 12.5 Å². The quantitative estimate of drug-likeness (QED) is 0.611. The number of nitrogens with one attached hydrogen (secondary N) is 1. The zero-order valence-corrected chi connectivity index (χ0v) is 9.30. The number of hydrogen-bond acceptors (Lipinski definition) is 3. The van der Waals surface area contributed by atoms with Gasteiger partial charge >= 0.3 is 0 Å². The molecule has 0 atom stereocenters. The van der Waals surface area contributed by atoms with Crippen molar-refractivity contribution in [3.63, 3.8) is 0 Å². The van der Waals surface area contributed by atoms with Gasteiger partial charge < -0.3 is 11.1 Å². The van der Waals surface area contributed by atoms with E-state index in [0.29, 0.717) is 10.6 Å². The van der Waals surface area contributed by atoms with Crippen molar-refractivity contribution in [1.29, 1.82) is 0 Å².